The summed E-state index contributed by atoms with van der Waals surface area (Å²) in [7, 11) is 0. The predicted molar refractivity (Wildman–Crippen MR) is 76.3 cm³/mol. The predicted octanol–water partition coefficient (Wildman–Crippen LogP) is 3.47. The van der Waals surface area contributed by atoms with Crippen LogP contribution in [0.1, 0.15) is 26.3 Å². The van der Waals surface area contributed by atoms with Crippen molar-refractivity contribution in [3.05, 3.63) is 41.7 Å². The molecule has 0 bridgehead atoms. The van der Waals surface area contributed by atoms with Crippen molar-refractivity contribution in [2.45, 2.75) is 39.9 Å². The molecule has 1 aromatic carbocycles. The molecule has 0 spiro atoms. The first-order valence-electron chi connectivity index (χ1n) is 6.91. The zero-order valence-corrected chi connectivity index (χ0v) is 12.4. The lowest BCUT2D eigenvalue weighted by atomic mass is 10.2. The highest BCUT2D eigenvalue weighted by Crippen LogP contribution is 2.28. The van der Waals surface area contributed by atoms with Crippen molar-refractivity contribution in [3.63, 3.8) is 0 Å². The van der Waals surface area contributed by atoms with Gasteiger partial charge in [-0.05, 0) is 24.6 Å². The number of ether oxygens (including phenoxy) is 1. The van der Waals surface area contributed by atoms with Gasteiger partial charge in [0.25, 0.3) is 0 Å². The van der Waals surface area contributed by atoms with Gasteiger partial charge in [-0.15, -0.1) is 0 Å². The van der Waals surface area contributed by atoms with E-state index in [1.165, 1.54) is 18.3 Å². The molecule has 1 aromatic heterocycles. The Labute approximate surface area is 122 Å². The van der Waals surface area contributed by atoms with E-state index in [1.807, 2.05) is 20.8 Å². The maximum atomic E-state index is 14.0. The molecule has 1 heterocycles. The van der Waals surface area contributed by atoms with E-state index >= 15 is 0 Å². The van der Waals surface area contributed by atoms with E-state index in [0.717, 1.165) is 0 Å². The third-order valence-corrected chi connectivity index (χ3v) is 2.93. The molecule has 114 valence electrons. The molecule has 0 aliphatic carbocycles. The number of hydrogen-bond donors (Lipinski definition) is 1. The Morgan fingerprint density at radius 3 is 2.48 bits per heavy atom. The van der Waals surface area contributed by atoms with Crippen molar-refractivity contribution in [2.75, 3.05) is 0 Å². The summed E-state index contributed by atoms with van der Waals surface area (Å²) in [4.78, 5) is 0. The number of aryl methyl sites for hydroxylation is 1. The molecule has 0 unspecified atom stereocenters. The molecule has 0 saturated heterocycles. The van der Waals surface area contributed by atoms with Gasteiger partial charge in [-0.3, -0.25) is 4.68 Å². The molecule has 4 nitrogen and oxygen atoms in total. The highest BCUT2D eigenvalue weighted by atomic mass is 19.1. The first-order valence-corrected chi connectivity index (χ1v) is 6.91. The molecule has 0 fully saturated rings. The second-order valence-corrected chi connectivity index (χ2v) is 5.06. The number of rotatable bonds is 6. The van der Waals surface area contributed by atoms with Gasteiger partial charge >= 0.3 is 0 Å². The summed E-state index contributed by atoms with van der Waals surface area (Å²) >= 11 is 0. The van der Waals surface area contributed by atoms with E-state index in [-0.39, 0.29) is 6.04 Å². The Kier molecular flexibility index (Phi) is 4.90. The Hall–Kier alpha value is -1.95. The fraction of sp³-hybridized carbons (Fsp3) is 0.400. The minimum absolute atomic E-state index is 0.243. The number of halogens is 2. The molecule has 0 saturated carbocycles. The topological polar surface area (TPSA) is 39.1 Å². The second kappa shape index (κ2) is 6.67. The average molecular weight is 295 g/mol. The van der Waals surface area contributed by atoms with E-state index in [9.17, 15) is 8.78 Å². The van der Waals surface area contributed by atoms with Crippen LogP contribution in [0.25, 0.3) is 0 Å². The quantitative estimate of drug-likeness (QED) is 0.887. The van der Waals surface area contributed by atoms with Gasteiger partial charge < -0.3 is 10.1 Å². The van der Waals surface area contributed by atoms with Gasteiger partial charge in [0.1, 0.15) is 0 Å². The summed E-state index contributed by atoms with van der Waals surface area (Å²) in [5.41, 5.74) is 0.537. The number of aromatic nitrogens is 2. The van der Waals surface area contributed by atoms with Crippen molar-refractivity contribution < 1.29 is 13.5 Å². The van der Waals surface area contributed by atoms with Crippen LogP contribution in [-0.2, 0) is 13.1 Å². The third kappa shape index (κ3) is 4.01. The van der Waals surface area contributed by atoms with Crippen LogP contribution in [0.2, 0.25) is 0 Å². The summed E-state index contributed by atoms with van der Waals surface area (Å²) in [6.45, 7) is 6.91. The van der Waals surface area contributed by atoms with Gasteiger partial charge in [-0.25, -0.2) is 8.78 Å². The molecule has 0 aliphatic heterocycles. The van der Waals surface area contributed by atoms with E-state index in [2.05, 4.69) is 10.4 Å². The molecule has 2 rings (SSSR count). The molecule has 0 radical (unpaired) electrons. The normalized spacial score (nSPS) is 11.1. The van der Waals surface area contributed by atoms with Gasteiger partial charge in [-0.2, -0.15) is 5.10 Å². The molecule has 0 amide bonds. The molecular weight excluding hydrogens is 276 g/mol. The van der Waals surface area contributed by atoms with Gasteiger partial charge in [0.05, 0.1) is 12.4 Å². The third-order valence-electron chi connectivity index (χ3n) is 2.93. The van der Waals surface area contributed by atoms with Crippen molar-refractivity contribution >= 4 is 0 Å². The lowest BCUT2D eigenvalue weighted by molar-refractivity contribution is 0.405. The molecule has 1 N–H and O–H groups in total. The first kappa shape index (κ1) is 15.4. The van der Waals surface area contributed by atoms with Crippen molar-refractivity contribution in [1.82, 2.24) is 15.1 Å². The van der Waals surface area contributed by atoms with Crippen molar-refractivity contribution in [3.8, 4) is 11.5 Å². The number of nitrogens with zero attached hydrogens (tertiary/aromatic N) is 2. The molecular formula is C15H19F2N3O. The zero-order chi connectivity index (χ0) is 15.4. The Bertz CT molecular complexity index is 588. The average Bonchev–Trinajstić information content (AvgIpc) is 2.88. The van der Waals surface area contributed by atoms with Crippen molar-refractivity contribution in [1.29, 1.82) is 0 Å². The first-order chi connectivity index (χ1) is 9.99. The maximum Gasteiger partial charge on any atom is 0.198 e. The van der Waals surface area contributed by atoms with Crippen LogP contribution in [-0.4, -0.2) is 15.8 Å². The highest BCUT2D eigenvalue weighted by molar-refractivity contribution is 5.34. The lowest BCUT2D eigenvalue weighted by Gasteiger charge is -2.11. The summed E-state index contributed by atoms with van der Waals surface area (Å²) < 4.78 is 34.8. The van der Waals surface area contributed by atoms with E-state index < -0.39 is 17.4 Å². The van der Waals surface area contributed by atoms with Gasteiger partial charge in [0.15, 0.2) is 23.1 Å². The molecule has 0 atom stereocenters. The smallest absolute Gasteiger partial charge is 0.198 e. The minimum Gasteiger partial charge on any atom is -0.448 e. The maximum absolute atomic E-state index is 14.0. The van der Waals surface area contributed by atoms with Gasteiger partial charge in [0, 0.05) is 19.1 Å². The van der Waals surface area contributed by atoms with E-state index in [0.29, 0.717) is 24.4 Å². The van der Waals surface area contributed by atoms with Gasteiger partial charge in [-0.1, -0.05) is 13.8 Å². The fourth-order valence-corrected chi connectivity index (χ4v) is 1.82. The molecule has 2 aromatic rings. The van der Waals surface area contributed by atoms with E-state index in [4.69, 9.17) is 4.74 Å². The Morgan fingerprint density at radius 2 is 1.95 bits per heavy atom. The van der Waals surface area contributed by atoms with Gasteiger partial charge in [0.2, 0.25) is 0 Å². The molecule has 6 heteroatoms. The molecule has 21 heavy (non-hydrogen) atoms. The highest BCUT2D eigenvalue weighted by Gasteiger charge is 2.14. The standard InChI is InChI=1S/C15H19F2N3O/c1-4-20-9-12(8-19-20)21-15-13(16)5-11(6-14(15)17)7-18-10(2)3/h5-6,8-10,18H,4,7H2,1-3H3. The number of hydrogen-bond acceptors (Lipinski definition) is 3. The van der Waals surface area contributed by atoms with Crippen molar-refractivity contribution in [2.24, 2.45) is 0 Å². The monoisotopic (exact) mass is 295 g/mol. The molecule has 0 aliphatic rings. The van der Waals surface area contributed by atoms with Crippen LogP contribution in [0.3, 0.4) is 0 Å². The van der Waals surface area contributed by atoms with Crippen LogP contribution >= 0.6 is 0 Å². The van der Waals surface area contributed by atoms with Crippen LogP contribution in [0.15, 0.2) is 24.5 Å². The van der Waals surface area contributed by atoms with Crippen LogP contribution in [0, 0.1) is 11.6 Å². The largest absolute Gasteiger partial charge is 0.448 e. The Balaban J connectivity index is 2.16. The van der Waals surface area contributed by atoms with Crippen LogP contribution in [0.5, 0.6) is 11.5 Å². The van der Waals surface area contributed by atoms with Crippen LogP contribution in [0.4, 0.5) is 8.78 Å². The summed E-state index contributed by atoms with van der Waals surface area (Å²) in [6, 6.07) is 2.79. The fourth-order valence-electron chi connectivity index (χ4n) is 1.82. The number of benzene rings is 1. The summed E-state index contributed by atoms with van der Waals surface area (Å²) in [6.07, 6.45) is 3.02. The summed E-state index contributed by atoms with van der Waals surface area (Å²) in [5.74, 6) is -1.54. The van der Waals surface area contributed by atoms with E-state index in [1.54, 1.807) is 10.9 Å². The SMILES string of the molecule is CCn1cc(Oc2c(F)cc(CNC(C)C)cc2F)cn1. The minimum atomic E-state index is -0.722. The Morgan fingerprint density at radius 1 is 1.29 bits per heavy atom. The number of nitrogens with one attached hydrogen (secondary N) is 1. The zero-order valence-electron chi connectivity index (χ0n) is 12.4. The lowest BCUT2D eigenvalue weighted by Crippen LogP contribution is -2.22. The second-order valence-electron chi connectivity index (χ2n) is 5.06. The summed E-state index contributed by atoms with van der Waals surface area (Å²) in [5, 5.41) is 7.10. The van der Waals surface area contributed by atoms with Crippen LogP contribution < -0.4 is 10.1 Å².